The van der Waals surface area contributed by atoms with Gasteiger partial charge in [0, 0.05) is 0 Å². The van der Waals surface area contributed by atoms with Gasteiger partial charge in [0.05, 0.1) is 17.8 Å². The van der Waals surface area contributed by atoms with E-state index in [1.54, 1.807) is 0 Å². The number of rotatable bonds is 1. The van der Waals surface area contributed by atoms with Gasteiger partial charge in [0.15, 0.2) is 0 Å². The van der Waals surface area contributed by atoms with E-state index in [1.165, 1.54) is 38.5 Å². The lowest BCUT2D eigenvalue weighted by molar-refractivity contribution is -0.121. The molecule has 0 aromatic carbocycles. The molecule has 0 aromatic heterocycles. The Hall–Kier alpha value is -0.0800. The smallest absolute Gasteiger partial charge is 0.0892 e. The quantitative estimate of drug-likeness (QED) is 0.702. The Labute approximate surface area is 86.6 Å². The summed E-state index contributed by atoms with van der Waals surface area (Å²) >= 11 is 0. The third-order valence-electron chi connectivity index (χ3n) is 3.92. The van der Waals surface area contributed by atoms with Crippen LogP contribution in [-0.2, 0) is 4.74 Å². The molecule has 1 spiro atoms. The van der Waals surface area contributed by atoms with Gasteiger partial charge in [-0.2, -0.15) is 0 Å². The minimum atomic E-state index is -0.246. The Bertz CT molecular complexity index is 194. The van der Waals surface area contributed by atoms with Gasteiger partial charge in [-0.3, -0.25) is 0 Å². The van der Waals surface area contributed by atoms with E-state index < -0.39 is 0 Å². The van der Waals surface area contributed by atoms with Gasteiger partial charge in [-0.15, -0.1) is 0 Å². The average Bonchev–Trinajstić information content (AvgIpc) is 2.36. The Morgan fingerprint density at radius 1 is 1.00 bits per heavy atom. The molecule has 1 saturated carbocycles. The number of aliphatic hydroxyl groups is 1. The lowest BCUT2D eigenvalue weighted by Gasteiger charge is -2.31. The van der Waals surface area contributed by atoms with Gasteiger partial charge in [0.25, 0.3) is 0 Å². The minimum absolute atomic E-state index is 0.133. The van der Waals surface area contributed by atoms with Crippen LogP contribution in [-0.4, -0.2) is 22.9 Å². The molecule has 1 aliphatic carbocycles. The van der Waals surface area contributed by atoms with Crippen molar-refractivity contribution in [1.29, 1.82) is 0 Å². The SMILES string of the molecule is CC1(CO)CCC2(CCCCCC2)O1. The predicted octanol–water partition coefficient (Wildman–Crippen LogP) is 2.64. The molecule has 82 valence electrons. The molecule has 2 nitrogen and oxygen atoms in total. The largest absolute Gasteiger partial charge is 0.393 e. The lowest BCUT2D eigenvalue weighted by atomic mass is 9.90. The Morgan fingerprint density at radius 3 is 2.14 bits per heavy atom. The Morgan fingerprint density at radius 2 is 1.64 bits per heavy atom. The van der Waals surface area contributed by atoms with Crippen LogP contribution in [0.4, 0.5) is 0 Å². The summed E-state index contributed by atoms with van der Waals surface area (Å²) in [5.41, 5.74) is -0.113. The van der Waals surface area contributed by atoms with Crippen molar-refractivity contribution in [2.24, 2.45) is 0 Å². The van der Waals surface area contributed by atoms with Gasteiger partial charge in [-0.1, -0.05) is 25.7 Å². The number of ether oxygens (including phenoxy) is 1. The van der Waals surface area contributed by atoms with Crippen LogP contribution >= 0.6 is 0 Å². The van der Waals surface area contributed by atoms with Crippen LogP contribution < -0.4 is 0 Å². The van der Waals surface area contributed by atoms with Crippen LogP contribution in [0.1, 0.15) is 58.3 Å². The average molecular weight is 198 g/mol. The molecule has 1 saturated heterocycles. The van der Waals surface area contributed by atoms with E-state index in [-0.39, 0.29) is 17.8 Å². The molecule has 2 heteroatoms. The third-order valence-corrected chi connectivity index (χ3v) is 3.92. The maximum atomic E-state index is 9.28. The van der Waals surface area contributed by atoms with Gasteiger partial charge in [0.1, 0.15) is 0 Å². The summed E-state index contributed by atoms with van der Waals surface area (Å²) in [6.45, 7) is 2.22. The van der Waals surface area contributed by atoms with Crippen LogP contribution in [0, 0.1) is 0 Å². The van der Waals surface area contributed by atoms with Gasteiger partial charge in [-0.05, 0) is 32.6 Å². The summed E-state index contributed by atoms with van der Waals surface area (Å²) in [6.07, 6.45) is 9.95. The van der Waals surface area contributed by atoms with Crippen LogP contribution in [0.5, 0.6) is 0 Å². The van der Waals surface area contributed by atoms with Gasteiger partial charge in [-0.25, -0.2) is 0 Å². The molecule has 2 fully saturated rings. The van der Waals surface area contributed by atoms with E-state index in [1.807, 2.05) is 6.92 Å². The fourth-order valence-corrected chi connectivity index (χ4v) is 2.95. The molecular weight excluding hydrogens is 176 g/mol. The zero-order valence-electron chi connectivity index (χ0n) is 9.22. The van der Waals surface area contributed by atoms with Crippen molar-refractivity contribution < 1.29 is 9.84 Å². The maximum Gasteiger partial charge on any atom is 0.0892 e. The van der Waals surface area contributed by atoms with Crippen LogP contribution in [0.25, 0.3) is 0 Å². The highest BCUT2D eigenvalue weighted by Gasteiger charge is 2.45. The number of hydrogen-bond donors (Lipinski definition) is 1. The maximum absolute atomic E-state index is 9.28. The lowest BCUT2D eigenvalue weighted by Crippen LogP contribution is -2.35. The van der Waals surface area contributed by atoms with E-state index in [2.05, 4.69) is 0 Å². The summed E-state index contributed by atoms with van der Waals surface area (Å²) < 4.78 is 6.16. The second-order valence-electron chi connectivity index (χ2n) is 5.31. The molecule has 1 aliphatic heterocycles. The normalized spacial score (nSPS) is 37.3. The first kappa shape index (κ1) is 10.4. The third kappa shape index (κ3) is 1.96. The first-order valence-corrected chi connectivity index (χ1v) is 5.99. The topological polar surface area (TPSA) is 29.5 Å². The van der Waals surface area contributed by atoms with Gasteiger partial charge >= 0.3 is 0 Å². The highest BCUT2D eigenvalue weighted by atomic mass is 16.5. The first-order valence-electron chi connectivity index (χ1n) is 5.99. The minimum Gasteiger partial charge on any atom is -0.393 e. The fraction of sp³-hybridized carbons (Fsp3) is 1.00. The van der Waals surface area contributed by atoms with Crippen molar-refractivity contribution in [2.75, 3.05) is 6.61 Å². The second kappa shape index (κ2) is 3.82. The van der Waals surface area contributed by atoms with Gasteiger partial charge in [0.2, 0.25) is 0 Å². The summed E-state index contributed by atoms with van der Waals surface area (Å²) in [5, 5.41) is 9.28. The van der Waals surface area contributed by atoms with E-state index >= 15 is 0 Å². The van der Waals surface area contributed by atoms with E-state index in [4.69, 9.17) is 4.74 Å². The molecule has 14 heavy (non-hydrogen) atoms. The zero-order chi connectivity index (χ0) is 10.1. The van der Waals surface area contributed by atoms with E-state index in [0.717, 1.165) is 12.8 Å². The summed E-state index contributed by atoms with van der Waals surface area (Å²) in [7, 11) is 0. The molecular formula is C12H22O2. The van der Waals surface area contributed by atoms with Crippen molar-refractivity contribution in [1.82, 2.24) is 0 Å². The fourth-order valence-electron chi connectivity index (χ4n) is 2.95. The molecule has 0 radical (unpaired) electrons. The van der Waals surface area contributed by atoms with Crippen molar-refractivity contribution >= 4 is 0 Å². The molecule has 1 N–H and O–H groups in total. The summed E-state index contributed by atoms with van der Waals surface area (Å²) in [5.74, 6) is 0. The van der Waals surface area contributed by atoms with Crippen molar-refractivity contribution in [3.8, 4) is 0 Å². The molecule has 2 rings (SSSR count). The Kier molecular flexibility index (Phi) is 2.85. The van der Waals surface area contributed by atoms with Gasteiger partial charge < -0.3 is 9.84 Å². The van der Waals surface area contributed by atoms with Crippen molar-refractivity contribution in [2.45, 2.75) is 69.5 Å². The highest BCUT2D eigenvalue weighted by molar-refractivity contribution is 4.95. The second-order valence-corrected chi connectivity index (χ2v) is 5.31. The molecule has 0 aromatic rings. The molecule has 0 bridgehead atoms. The van der Waals surface area contributed by atoms with Crippen molar-refractivity contribution in [3.05, 3.63) is 0 Å². The Balaban J connectivity index is 2.03. The summed E-state index contributed by atoms with van der Waals surface area (Å²) in [4.78, 5) is 0. The monoisotopic (exact) mass is 198 g/mol. The van der Waals surface area contributed by atoms with Crippen molar-refractivity contribution in [3.63, 3.8) is 0 Å². The molecule has 0 amide bonds. The number of hydrogen-bond acceptors (Lipinski definition) is 2. The first-order chi connectivity index (χ1) is 6.68. The number of aliphatic hydroxyl groups excluding tert-OH is 1. The molecule has 2 aliphatic rings. The van der Waals surface area contributed by atoms with Crippen LogP contribution in [0.2, 0.25) is 0 Å². The van der Waals surface area contributed by atoms with Crippen LogP contribution in [0.3, 0.4) is 0 Å². The zero-order valence-corrected chi connectivity index (χ0v) is 9.22. The summed E-state index contributed by atoms with van der Waals surface area (Å²) in [6, 6.07) is 0. The standard InChI is InChI=1S/C12H22O2/c1-11(10-13)8-9-12(14-11)6-4-2-3-5-7-12/h13H,2-10H2,1H3. The molecule has 1 atom stereocenters. The molecule has 1 heterocycles. The predicted molar refractivity (Wildman–Crippen MR) is 56.2 cm³/mol. The van der Waals surface area contributed by atoms with E-state index in [0.29, 0.717) is 0 Å². The van der Waals surface area contributed by atoms with Crippen LogP contribution in [0.15, 0.2) is 0 Å². The highest BCUT2D eigenvalue weighted by Crippen LogP contribution is 2.45. The van der Waals surface area contributed by atoms with E-state index in [9.17, 15) is 5.11 Å². The molecule has 1 unspecified atom stereocenters.